The summed E-state index contributed by atoms with van der Waals surface area (Å²) in [6.07, 6.45) is 0.880. The van der Waals surface area contributed by atoms with Gasteiger partial charge in [0.05, 0.1) is 10.5 Å². The van der Waals surface area contributed by atoms with E-state index in [0.717, 1.165) is 18.0 Å². The third-order valence-corrected chi connectivity index (χ3v) is 6.75. The summed E-state index contributed by atoms with van der Waals surface area (Å²) >= 11 is 6.01. The number of nitriles is 1. The van der Waals surface area contributed by atoms with E-state index >= 15 is 0 Å². The Hall–Kier alpha value is -1.91. The summed E-state index contributed by atoms with van der Waals surface area (Å²) in [6, 6.07) is 16.1. The molecule has 1 aliphatic rings. The highest BCUT2D eigenvalue weighted by molar-refractivity contribution is 7.89. The van der Waals surface area contributed by atoms with E-state index in [1.807, 2.05) is 30.3 Å². The molecule has 2 aromatic rings. The minimum absolute atomic E-state index is 0.0925. The second kappa shape index (κ2) is 8.19. The molecule has 0 amide bonds. The normalized spacial score (nSPS) is 16.3. The van der Waals surface area contributed by atoms with Crippen molar-refractivity contribution in [2.75, 3.05) is 32.7 Å². The highest BCUT2D eigenvalue weighted by atomic mass is 35.5. The van der Waals surface area contributed by atoms with Crippen LogP contribution in [0.3, 0.4) is 0 Å². The van der Waals surface area contributed by atoms with E-state index in [1.54, 1.807) is 12.1 Å². The SMILES string of the molecule is N#Cc1ccccc1S(=O)(=O)N1CCN(CCc2cccc(Cl)c2)CC1. The highest BCUT2D eigenvalue weighted by Crippen LogP contribution is 2.21. The molecule has 2 aromatic carbocycles. The number of hydrogen-bond acceptors (Lipinski definition) is 4. The first-order valence-electron chi connectivity index (χ1n) is 8.47. The van der Waals surface area contributed by atoms with Gasteiger partial charge in [0.2, 0.25) is 10.0 Å². The molecule has 1 heterocycles. The Labute approximate surface area is 159 Å². The van der Waals surface area contributed by atoms with Crippen LogP contribution in [0.2, 0.25) is 5.02 Å². The molecule has 1 aliphatic heterocycles. The quantitative estimate of drug-likeness (QED) is 0.788. The second-order valence-electron chi connectivity index (χ2n) is 6.23. The van der Waals surface area contributed by atoms with Gasteiger partial charge in [-0.3, -0.25) is 0 Å². The van der Waals surface area contributed by atoms with Crippen LogP contribution in [0.5, 0.6) is 0 Å². The van der Waals surface area contributed by atoms with Gasteiger partial charge in [0, 0.05) is 37.7 Å². The lowest BCUT2D eigenvalue weighted by Crippen LogP contribution is -2.49. The molecule has 0 bridgehead atoms. The number of halogens is 1. The van der Waals surface area contributed by atoms with E-state index in [9.17, 15) is 8.42 Å². The summed E-state index contributed by atoms with van der Waals surface area (Å²) in [7, 11) is -3.63. The molecule has 0 atom stereocenters. The molecule has 0 unspecified atom stereocenters. The zero-order chi connectivity index (χ0) is 18.6. The molecular formula is C19H20ClN3O2S. The van der Waals surface area contributed by atoms with Crippen molar-refractivity contribution in [3.05, 3.63) is 64.7 Å². The van der Waals surface area contributed by atoms with E-state index in [-0.39, 0.29) is 10.5 Å². The van der Waals surface area contributed by atoms with E-state index < -0.39 is 10.0 Å². The molecule has 5 nitrogen and oxygen atoms in total. The van der Waals surface area contributed by atoms with Gasteiger partial charge in [0.25, 0.3) is 0 Å². The number of rotatable bonds is 5. The topological polar surface area (TPSA) is 64.4 Å². The van der Waals surface area contributed by atoms with Crippen molar-refractivity contribution >= 4 is 21.6 Å². The molecule has 136 valence electrons. The predicted molar refractivity (Wildman–Crippen MR) is 102 cm³/mol. The molecule has 0 spiro atoms. The zero-order valence-electron chi connectivity index (χ0n) is 14.3. The summed E-state index contributed by atoms with van der Waals surface area (Å²) in [6.45, 7) is 3.07. The van der Waals surface area contributed by atoms with Gasteiger partial charge in [-0.05, 0) is 36.2 Å². The van der Waals surface area contributed by atoms with Crippen LogP contribution < -0.4 is 0 Å². The van der Waals surface area contributed by atoms with Crippen LogP contribution in [0.1, 0.15) is 11.1 Å². The van der Waals surface area contributed by atoms with Gasteiger partial charge >= 0.3 is 0 Å². The fourth-order valence-electron chi connectivity index (χ4n) is 3.10. The van der Waals surface area contributed by atoms with Crippen molar-refractivity contribution in [2.24, 2.45) is 0 Å². The Balaban J connectivity index is 1.60. The van der Waals surface area contributed by atoms with Crippen LogP contribution in [0.4, 0.5) is 0 Å². The average molecular weight is 390 g/mol. The molecule has 7 heteroatoms. The van der Waals surface area contributed by atoms with Gasteiger partial charge in [-0.25, -0.2) is 8.42 Å². The largest absolute Gasteiger partial charge is 0.300 e. The molecule has 0 saturated carbocycles. The smallest absolute Gasteiger partial charge is 0.244 e. The minimum atomic E-state index is -3.63. The number of benzene rings is 2. The van der Waals surface area contributed by atoms with Crippen LogP contribution in [0, 0.1) is 11.3 Å². The van der Waals surface area contributed by atoms with Gasteiger partial charge in [0.1, 0.15) is 6.07 Å². The average Bonchev–Trinajstić information content (AvgIpc) is 2.66. The first-order valence-corrected chi connectivity index (χ1v) is 10.3. The molecule has 0 aliphatic carbocycles. The third kappa shape index (κ3) is 4.25. The monoisotopic (exact) mass is 389 g/mol. The van der Waals surface area contributed by atoms with Crippen LogP contribution in [0.25, 0.3) is 0 Å². The first-order chi connectivity index (χ1) is 12.5. The summed E-state index contributed by atoms with van der Waals surface area (Å²) in [5, 5.41) is 9.90. The number of nitrogens with zero attached hydrogens (tertiary/aromatic N) is 3. The van der Waals surface area contributed by atoms with Gasteiger partial charge in [0.15, 0.2) is 0 Å². The van der Waals surface area contributed by atoms with Gasteiger partial charge in [-0.2, -0.15) is 9.57 Å². The molecule has 26 heavy (non-hydrogen) atoms. The molecule has 0 aromatic heterocycles. The zero-order valence-corrected chi connectivity index (χ0v) is 15.9. The fourth-order valence-corrected chi connectivity index (χ4v) is 4.87. The Morgan fingerprint density at radius 3 is 2.46 bits per heavy atom. The predicted octanol–water partition coefficient (Wildman–Crippen LogP) is 2.76. The van der Waals surface area contributed by atoms with Crippen LogP contribution in [0.15, 0.2) is 53.4 Å². The molecule has 0 N–H and O–H groups in total. The van der Waals surface area contributed by atoms with E-state index in [4.69, 9.17) is 16.9 Å². The van der Waals surface area contributed by atoms with Crippen LogP contribution in [-0.4, -0.2) is 50.3 Å². The van der Waals surface area contributed by atoms with Gasteiger partial charge in [-0.15, -0.1) is 0 Å². The number of piperazine rings is 1. The molecule has 1 fully saturated rings. The van der Waals surface area contributed by atoms with E-state index in [1.165, 1.54) is 22.0 Å². The Kier molecular flexibility index (Phi) is 5.94. The maximum Gasteiger partial charge on any atom is 0.244 e. The van der Waals surface area contributed by atoms with E-state index in [0.29, 0.717) is 26.2 Å². The van der Waals surface area contributed by atoms with Crippen molar-refractivity contribution in [1.82, 2.24) is 9.21 Å². The standard InChI is InChI=1S/C19H20ClN3O2S/c20-18-6-3-4-16(14-18)8-9-22-10-12-23(13-11-22)26(24,25)19-7-2-1-5-17(19)15-21/h1-7,14H,8-13H2. The maximum absolute atomic E-state index is 12.8. The Bertz CT molecular complexity index is 916. The summed E-state index contributed by atoms with van der Waals surface area (Å²) in [5.74, 6) is 0. The van der Waals surface area contributed by atoms with Crippen molar-refractivity contribution < 1.29 is 8.42 Å². The molecule has 1 saturated heterocycles. The second-order valence-corrected chi connectivity index (χ2v) is 8.58. The van der Waals surface area contributed by atoms with Crippen molar-refractivity contribution in [1.29, 1.82) is 5.26 Å². The van der Waals surface area contributed by atoms with Crippen molar-refractivity contribution in [3.63, 3.8) is 0 Å². The number of hydrogen-bond donors (Lipinski definition) is 0. The Morgan fingerprint density at radius 2 is 1.77 bits per heavy atom. The summed E-state index contributed by atoms with van der Waals surface area (Å²) < 4.78 is 27.1. The highest BCUT2D eigenvalue weighted by Gasteiger charge is 2.30. The van der Waals surface area contributed by atoms with Gasteiger partial charge < -0.3 is 4.90 Å². The fraction of sp³-hybridized carbons (Fsp3) is 0.316. The lowest BCUT2D eigenvalue weighted by Gasteiger charge is -2.34. The molecular weight excluding hydrogens is 370 g/mol. The van der Waals surface area contributed by atoms with Crippen LogP contribution >= 0.6 is 11.6 Å². The molecule has 3 rings (SSSR count). The van der Waals surface area contributed by atoms with Gasteiger partial charge in [-0.1, -0.05) is 35.9 Å². The lowest BCUT2D eigenvalue weighted by molar-refractivity contribution is 0.190. The molecule has 0 radical (unpaired) electrons. The lowest BCUT2D eigenvalue weighted by atomic mass is 10.1. The third-order valence-electron chi connectivity index (χ3n) is 4.56. The van der Waals surface area contributed by atoms with Crippen molar-refractivity contribution in [2.45, 2.75) is 11.3 Å². The minimum Gasteiger partial charge on any atom is -0.300 e. The maximum atomic E-state index is 12.8. The number of sulfonamides is 1. The summed E-state index contributed by atoms with van der Waals surface area (Å²) in [5.41, 5.74) is 1.37. The van der Waals surface area contributed by atoms with Crippen molar-refractivity contribution in [3.8, 4) is 6.07 Å². The van der Waals surface area contributed by atoms with Crippen LogP contribution in [-0.2, 0) is 16.4 Å². The summed E-state index contributed by atoms with van der Waals surface area (Å²) in [4.78, 5) is 2.35. The first kappa shape index (κ1) is 18.9. The Morgan fingerprint density at radius 1 is 1.04 bits per heavy atom. The van der Waals surface area contributed by atoms with E-state index in [2.05, 4.69) is 4.90 Å².